The first-order valence-electron chi connectivity index (χ1n) is 9.36. The number of aromatic nitrogens is 2. The van der Waals surface area contributed by atoms with Gasteiger partial charge in [-0.3, -0.25) is 24.5 Å². The average Bonchev–Trinajstić information content (AvgIpc) is 2.72. The number of nitrogens with one attached hydrogen (secondary N) is 3. The van der Waals surface area contributed by atoms with E-state index >= 15 is 0 Å². The van der Waals surface area contributed by atoms with Crippen LogP contribution in [0.25, 0.3) is 11.0 Å². The molecule has 0 aliphatic heterocycles. The predicted molar refractivity (Wildman–Crippen MR) is 108 cm³/mol. The number of fused-ring (bicyclic) bond motifs is 3. The number of rotatable bonds is 4. The lowest BCUT2D eigenvalue weighted by Crippen LogP contribution is -2.33. The highest BCUT2D eigenvalue weighted by atomic mass is 16.6. The summed E-state index contributed by atoms with van der Waals surface area (Å²) in [6, 6.07) is 7.47. The minimum atomic E-state index is -0.876. The lowest BCUT2D eigenvalue weighted by Gasteiger charge is -2.25. The molecule has 1 amide bonds. The summed E-state index contributed by atoms with van der Waals surface area (Å²) in [6.45, 7) is 0.296. The molecule has 3 aromatic rings. The lowest BCUT2D eigenvalue weighted by molar-refractivity contribution is -0.385. The van der Waals surface area contributed by atoms with Gasteiger partial charge in [0.25, 0.3) is 11.6 Å². The smallest absolute Gasteiger partial charge is 0.314 e. The van der Waals surface area contributed by atoms with Crippen molar-refractivity contribution in [1.82, 2.24) is 15.3 Å². The first-order chi connectivity index (χ1) is 14.3. The maximum absolute atomic E-state index is 12.3. The van der Waals surface area contributed by atoms with Gasteiger partial charge in [0.15, 0.2) is 0 Å². The Labute approximate surface area is 168 Å². The number of para-hydroxylation sites is 1. The first-order valence-corrected chi connectivity index (χ1v) is 9.36. The van der Waals surface area contributed by atoms with Gasteiger partial charge in [0.05, 0.1) is 21.5 Å². The van der Waals surface area contributed by atoms with Crippen molar-refractivity contribution < 1.29 is 14.8 Å². The zero-order valence-electron chi connectivity index (χ0n) is 15.7. The lowest BCUT2D eigenvalue weighted by atomic mass is 9.82. The maximum atomic E-state index is 12.3. The molecule has 0 saturated carbocycles. The quantitative estimate of drug-likeness (QED) is 0.289. The van der Waals surface area contributed by atoms with Crippen molar-refractivity contribution in [2.45, 2.75) is 19.3 Å². The highest BCUT2D eigenvalue weighted by molar-refractivity contribution is 5.96. The molecule has 154 valence electrons. The molecule has 2 aromatic carbocycles. The molecule has 30 heavy (non-hydrogen) atoms. The second-order valence-electron chi connectivity index (χ2n) is 7.28. The first kappa shape index (κ1) is 19.4. The largest absolute Gasteiger partial charge is 0.507 e. The van der Waals surface area contributed by atoms with Gasteiger partial charge in [-0.05, 0) is 42.9 Å². The Morgan fingerprint density at radius 2 is 1.93 bits per heavy atom. The van der Waals surface area contributed by atoms with E-state index in [-0.39, 0.29) is 28.4 Å². The van der Waals surface area contributed by atoms with Crippen LogP contribution in [-0.4, -0.2) is 32.4 Å². The Hall–Kier alpha value is -3.95. The Morgan fingerprint density at radius 1 is 1.20 bits per heavy atom. The SMILES string of the molecule is O=C(NCC1CCc2c([N+](=O)[O-])cc3[nH]c(=O)c(=O)[nH]c3c2C1)c1ccccc1O. The number of benzene rings is 2. The highest BCUT2D eigenvalue weighted by Gasteiger charge is 2.29. The monoisotopic (exact) mass is 410 g/mol. The van der Waals surface area contributed by atoms with E-state index in [9.17, 15) is 29.6 Å². The molecule has 0 bridgehead atoms. The van der Waals surface area contributed by atoms with Crippen LogP contribution in [-0.2, 0) is 12.8 Å². The number of nitro benzene ring substituents is 1. The van der Waals surface area contributed by atoms with E-state index in [0.717, 1.165) is 0 Å². The summed E-state index contributed by atoms with van der Waals surface area (Å²) in [5.41, 5.74) is 0.0566. The number of hydrogen-bond acceptors (Lipinski definition) is 6. The molecule has 0 fully saturated rings. The molecule has 1 unspecified atom stereocenters. The molecule has 10 heteroatoms. The zero-order valence-corrected chi connectivity index (χ0v) is 15.7. The predicted octanol–water partition coefficient (Wildman–Crippen LogP) is 1.37. The van der Waals surface area contributed by atoms with Gasteiger partial charge in [-0.1, -0.05) is 12.1 Å². The molecule has 1 atom stereocenters. The average molecular weight is 410 g/mol. The summed E-state index contributed by atoms with van der Waals surface area (Å²) in [5.74, 6) is -0.569. The van der Waals surface area contributed by atoms with Crippen LogP contribution in [0.1, 0.15) is 27.9 Å². The van der Waals surface area contributed by atoms with Gasteiger partial charge >= 0.3 is 11.1 Å². The molecule has 4 N–H and O–H groups in total. The van der Waals surface area contributed by atoms with Gasteiger partial charge in [-0.15, -0.1) is 0 Å². The second-order valence-corrected chi connectivity index (χ2v) is 7.28. The van der Waals surface area contributed by atoms with Crippen LogP contribution in [0.2, 0.25) is 0 Å². The summed E-state index contributed by atoms with van der Waals surface area (Å²) < 4.78 is 0. The van der Waals surface area contributed by atoms with Gasteiger partial charge in [-0.2, -0.15) is 0 Å². The third kappa shape index (κ3) is 3.43. The van der Waals surface area contributed by atoms with Crippen molar-refractivity contribution in [2.24, 2.45) is 5.92 Å². The molecular formula is C20H18N4O6. The molecule has 1 aliphatic carbocycles. The number of nitro groups is 1. The van der Waals surface area contributed by atoms with Gasteiger partial charge in [-0.25, -0.2) is 0 Å². The standard InChI is InChI=1S/C20H18N4O6/c25-16-4-2-1-3-12(16)18(26)21-9-10-5-6-11-13(7-10)17-14(8-15(11)24(29)30)22-19(27)20(28)23-17/h1-4,8,10,25H,5-7,9H2,(H,21,26)(H,22,27)(H,23,28). The fourth-order valence-corrected chi connectivity index (χ4v) is 3.93. The Bertz CT molecular complexity index is 1290. The van der Waals surface area contributed by atoms with E-state index in [0.29, 0.717) is 42.5 Å². The molecule has 0 saturated heterocycles. The third-order valence-electron chi connectivity index (χ3n) is 5.41. The number of aromatic hydroxyl groups is 1. The van der Waals surface area contributed by atoms with E-state index in [2.05, 4.69) is 15.3 Å². The number of H-pyrrole nitrogens is 2. The topological polar surface area (TPSA) is 158 Å². The Kier molecular flexibility index (Phi) is 4.82. The van der Waals surface area contributed by atoms with Gasteiger partial charge in [0.2, 0.25) is 0 Å². The van der Waals surface area contributed by atoms with Crippen LogP contribution in [0.4, 0.5) is 5.69 Å². The zero-order chi connectivity index (χ0) is 21.4. The van der Waals surface area contributed by atoms with Gasteiger partial charge in [0, 0.05) is 18.2 Å². The van der Waals surface area contributed by atoms with Gasteiger partial charge in [0.1, 0.15) is 5.75 Å². The minimum Gasteiger partial charge on any atom is -0.507 e. The van der Waals surface area contributed by atoms with Crippen LogP contribution < -0.4 is 16.4 Å². The molecule has 10 nitrogen and oxygen atoms in total. The molecule has 0 spiro atoms. The van der Waals surface area contributed by atoms with E-state index in [4.69, 9.17) is 0 Å². The highest BCUT2D eigenvalue weighted by Crippen LogP contribution is 2.35. The second kappa shape index (κ2) is 7.47. The van der Waals surface area contributed by atoms with Gasteiger partial charge < -0.3 is 20.4 Å². The number of nitrogens with zero attached hydrogens (tertiary/aromatic N) is 1. The van der Waals surface area contributed by atoms with E-state index in [1.54, 1.807) is 12.1 Å². The molecule has 0 radical (unpaired) electrons. The summed E-state index contributed by atoms with van der Waals surface area (Å²) >= 11 is 0. The van der Waals surface area contributed by atoms with Crippen LogP contribution >= 0.6 is 0 Å². The van der Waals surface area contributed by atoms with Crippen molar-refractivity contribution in [3.63, 3.8) is 0 Å². The molecule has 1 heterocycles. The van der Waals surface area contributed by atoms with Crippen molar-refractivity contribution >= 4 is 22.6 Å². The number of carbonyl (C=O) groups is 1. The molecule has 1 aliphatic rings. The fourth-order valence-electron chi connectivity index (χ4n) is 3.93. The minimum absolute atomic E-state index is 0.0343. The van der Waals surface area contributed by atoms with Crippen molar-refractivity contribution in [2.75, 3.05) is 6.54 Å². The van der Waals surface area contributed by atoms with Crippen molar-refractivity contribution in [3.05, 3.63) is 77.8 Å². The summed E-state index contributed by atoms with van der Waals surface area (Å²) in [4.78, 5) is 51.7. The van der Waals surface area contributed by atoms with Crippen molar-refractivity contribution in [3.8, 4) is 5.75 Å². The third-order valence-corrected chi connectivity index (χ3v) is 5.41. The number of hydrogen-bond donors (Lipinski definition) is 4. The summed E-state index contributed by atoms with van der Waals surface area (Å²) in [6.07, 6.45) is 1.39. The number of aromatic amines is 2. The summed E-state index contributed by atoms with van der Waals surface area (Å²) in [7, 11) is 0. The van der Waals surface area contributed by atoms with Crippen LogP contribution in [0, 0.1) is 16.0 Å². The molecule has 1 aromatic heterocycles. The maximum Gasteiger partial charge on any atom is 0.314 e. The Morgan fingerprint density at radius 3 is 2.67 bits per heavy atom. The number of phenols is 1. The van der Waals surface area contributed by atoms with Crippen LogP contribution in [0.15, 0.2) is 39.9 Å². The van der Waals surface area contributed by atoms with Crippen molar-refractivity contribution in [1.29, 1.82) is 0 Å². The number of phenolic OH excluding ortho intramolecular Hbond substituents is 1. The number of amides is 1. The number of carbonyl (C=O) groups excluding carboxylic acids is 1. The van der Waals surface area contributed by atoms with Crippen LogP contribution in [0.3, 0.4) is 0 Å². The van der Waals surface area contributed by atoms with E-state index in [1.807, 2.05) is 0 Å². The molecule has 4 rings (SSSR count). The summed E-state index contributed by atoms with van der Waals surface area (Å²) in [5, 5.41) is 24.1. The normalized spacial score (nSPS) is 15.5. The fraction of sp³-hybridized carbons (Fsp3) is 0.250. The van der Waals surface area contributed by atoms with E-state index < -0.39 is 21.9 Å². The van der Waals surface area contributed by atoms with Crippen LogP contribution in [0.5, 0.6) is 5.75 Å². The van der Waals surface area contributed by atoms with E-state index in [1.165, 1.54) is 18.2 Å². The molecular weight excluding hydrogens is 392 g/mol. The Balaban J connectivity index is 1.64.